The van der Waals surface area contributed by atoms with E-state index in [-0.39, 0.29) is 11.6 Å². The van der Waals surface area contributed by atoms with Crippen LogP contribution in [0.15, 0.2) is 5.03 Å². The Hall–Kier alpha value is -0.960. The number of rotatable bonds is 4. The van der Waals surface area contributed by atoms with Crippen molar-refractivity contribution in [3.05, 3.63) is 11.3 Å². The van der Waals surface area contributed by atoms with Crippen molar-refractivity contribution in [2.75, 3.05) is 20.2 Å². The second kappa shape index (κ2) is 5.44. The molecule has 1 aliphatic rings. The highest BCUT2D eigenvalue weighted by Crippen LogP contribution is 2.29. The molecule has 1 aromatic heterocycles. The summed E-state index contributed by atoms with van der Waals surface area (Å²) in [5.41, 5.74) is 0.419. The van der Waals surface area contributed by atoms with Gasteiger partial charge in [-0.1, -0.05) is 0 Å². The van der Waals surface area contributed by atoms with Crippen molar-refractivity contribution < 1.29 is 18.3 Å². The van der Waals surface area contributed by atoms with Crippen LogP contribution < -0.4 is 0 Å². The van der Waals surface area contributed by atoms with E-state index in [1.54, 1.807) is 14.0 Å². The van der Waals surface area contributed by atoms with Gasteiger partial charge in [0.15, 0.2) is 5.03 Å². The van der Waals surface area contributed by atoms with Crippen molar-refractivity contribution in [2.45, 2.75) is 43.9 Å². The van der Waals surface area contributed by atoms with E-state index in [4.69, 9.17) is 4.74 Å². The highest BCUT2D eigenvalue weighted by Gasteiger charge is 2.39. The van der Waals surface area contributed by atoms with Gasteiger partial charge in [-0.05, 0) is 26.7 Å². The van der Waals surface area contributed by atoms with Crippen LogP contribution >= 0.6 is 0 Å². The fourth-order valence-corrected chi connectivity index (χ4v) is 4.23. The Morgan fingerprint density at radius 1 is 1.55 bits per heavy atom. The highest BCUT2D eigenvalue weighted by atomic mass is 32.2. The Labute approximate surface area is 119 Å². The number of hydrogen-bond acceptors (Lipinski definition) is 5. The van der Waals surface area contributed by atoms with Crippen LogP contribution in [0.25, 0.3) is 0 Å². The molecule has 0 amide bonds. The molecule has 1 aliphatic heterocycles. The van der Waals surface area contributed by atoms with Crippen molar-refractivity contribution in [3.63, 3.8) is 0 Å². The maximum absolute atomic E-state index is 12.7. The fourth-order valence-electron chi connectivity index (χ4n) is 2.48. The van der Waals surface area contributed by atoms with Crippen LogP contribution in [-0.4, -0.2) is 53.8 Å². The molecule has 2 heterocycles. The predicted octanol–water partition coefficient (Wildman–Crippen LogP) is 0.400. The summed E-state index contributed by atoms with van der Waals surface area (Å²) in [5.74, 6) is 0. The summed E-state index contributed by atoms with van der Waals surface area (Å²) in [4.78, 5) is 0. The third-order valence-electron chi connectivity index (χ3n) is 3.90. The number of aromatic nitrogens is 2. The quantitative estimate of drug-likeness (QED) is 0.839. The molecule has 1 atom stereocenters. The molecule has 2 rings (SSSR count). The normalized spacial score (nSPS) is 25.0. The largest absolute Gasteiger partial charge is 0.392 e. The average Bonchev–Trinajstić information content (AvgIpc) is 2.80. The summed E-state index contributed by atoms with van der Waals surface area (Å²) in [7, 11) is -2.12. The van der Waals surface area contributed by atoms with Crippen molar-refractivity contribution in [1.82, 2.24) is 14.5 Å². The lowest BCUT2D eigenvalue weighted by Crippen LogP contribution is -2.49. The number of sulfonamides is 1. The summed E-state index contributed by atoms with van der Waals surface area (Å²) in [6, 6.07) is 0. The number of methoxy groups -OCH3 is 1. The third-order valence-corrected chi connectivity index (χ3v) is 5.71. The molecule has 0 bridgehead atoms. The van der Waals surface area contributed by atoms with E-state index in [1.807, 2.05) is 6.92 Å². The molecule has 2 N–H and O–H groups in total. The Morgan fingerprint density at radius 2 is 2.25 bits per heavy atom. The Balaban J connectivity index is 2.35. The zero-order chi connectivity index (χ0) is 15.0. The molecular formula is C12H21N3O4S. The van der Waals surface area contributed by atoms with Crippen LogP contribution in [0.4, 0.5) is 0 Å². The average molecular weight is 303 g/mol. The summed E-state index contributed by atoms with van der Waals surface area (Å²) in [5, 5.41) is 15.7. The zero-order valence-electron chi connectivity index (χ0n) is 12.0. The van der Waals surface area contributed by atoms with E-state index in [2.05, 4.69) is 10.2 Å². The number of piperidine rings is 1. The molecule has 20 heavy (non-hydrogen) atoms. The van der Waals surface area contributed by atoms with E-state index >= 15 is 0 Å². The molecule has 8 heteroatoms. The van der Waals surface area contributed by atoms with Gasteiger partial charge < -0.3 is 9.84 Å². The van der Waals surface area contributed by atoms with Gasteiger partial charge in [-0.2, -0.15) is 9.40 Å². The molecule has 1 unspecified atom stereocenters. The predicted molar refractivity (Wildman–Crippen MR) is 72.7 cm³/mol. The number of H-pyrrole nitrogens is 1. The molecule has 0 aromatic carbocycles. The maximum atomic E-state index is 12.7. The number of aromatic amines is 1. The molecule has 0 spiro atoms. The highest BCUT2D eigenvalue weighted by molar-refractivity contribution is 7.89. The minimum atomic E-state index is -3.71. The van der Waals surface area contributed by atoms with Gasteiger partial charge in [0.25, 0.3) is 10.0 Å². The first-order valence-electron chi connectivity index (χ1n) is 6.54. The van der Waals surface area contributed by atoms with Crippen LogP contribution in [0.1, 0.15) is 31.0 Å². The summed E-state index contributed by atoms with van der Waals surface area (Å²) in [6.07, 6.45) is 1.56. The molecule has 1 fully saturated rings. The van der Waals surface area contributed by atoms with Crippen molar-refractivity contribution in [1.29, 1.82) is 0 Å². The second-order valence-electron chi connectivity index (χ2n) is 5.39. The molecule has 114 valence electrons. The van der Waals surface area contributed by atoms with Gasteiger partial charge in [0.1, 0.15) is 0 Å². The van der Waals surface area contributed by atoms with Gasteiger partial charge in [0, 0.05) is 31.5 Å². The number of nitrogens with one attached hydrogen (secondary N) is 1. The number of aliphatic hydroxyl groups excluding tert-OH is 1. The first kappa shape index (κ1) is 15.4. The van der Waals surface area contributed by atoms with Crippen molar-refractivity contribution in [3.8, 4) is 0 Å². The number of hydrogen-bond donors (Lipinski definition) is 2. The lowest BCUT2D eigenvalue weighted by Gasteiger charge is -2.38. The Bertz CT molecular complexity index is 584. The standard InChI is InChI=1S/C12H21N3O4S/c1-9-10(7-16)11(14-13-9)20(17,18)15-6-4-5-12(2,8-15)19-3/h16H,4-8H2,1-3H3,(H,13,14). The minimum absolute atomic E-state index is 0.0853. The van der Waals surface area contributed by atoms with Crippen LogP contribution in [0.2, 0.25) is 0 Å². The fraction of sp³-hybridized carbons (Fsp3) is 0.750. The molecule has 7 nitrogen and oxygen atoms in total. The molecular weight excluding hydrogens is 282 g/mol. The monoisotopic (exact) mass is 303 g/mol. The van der Waals surface area contributed by atoms with E-state index in [0.29, 0.717) is 24.3 Å². The molecule has 0 saturated carbocycles. The SMILES string of the molecule is COC1(C)CCCN(S(=O)(=O)c2n[nH]c(C)c2CO)C1. The molecule has 0 aliphatic carbocycles. The van der Waals surface area contributed by atoms with E-state index in [0.717, 1.165) is 12.8 Å². The Kier molecular flexibility index (Phi) is 4.19. The van der Waals surface area contributed by atoms with Crippen LogP contribution in [0, 0.1) is 6.92 Å². The van der Waals surface area contributed by atoms with E-state index in [1.165, 1.54) is 4.31 Å². The second-order valence-corrected chi connectivity index (χ2v) is 7.24. The van der Waals surface area contributed by atoms with Gasteiger partial charge in [-0.15, -0.1) is 0 Å². The summed E-state index contributed by atoms with van der Waals surface area (Å²) < 4.78 is 32.1. The number of nitrogens with zero attached hydrogens (tertiary/aromatic N) is 2. The third kappa shape index (κ3) is 2.60. The lowest BCUT2D eigenvalue weighted by atomic mass is 9.96. The first-order valence-corrected chi connectivity index (χ1v) is 7.98. The van der Waals surface area contributed by atoms with Crippen molar-refractivity contribution in [2.24, 2.45) is 0 Å². The van der Waals surface area contributed by atoms with Gasteiger partial charge in [0.05, 0.1) is 12.2 Å². The molecule has 1 aromatic rings. The van der Waals surface area contributed by atoms with Gasteiger partial charge >= 0.3 is 0 Å². The smallest absolute Gasteiger partial charge is 0.262 e. The number of aliphatic hydroxyl groups is 1. The maximum Gasteiger partial charge on any atom is 0.262 e. The van der Waals surface area contributed by atoms with Gasteiger partial charge in [-0.3, -0.25) is 5.10 Å². The van der Waals surface area contributed by atoms with Crippen LogP contribution in [-0.2, 0) is 21.4 Å². The van der Waals surface area contributed by atoms with Gasteiger partial charge in [-0.25, -0.2) is 8.42 Å². The minimum Gasteiger partial charge on any atom is -0.392 e. The summed E-state index contributed by atoms with van der Waals surface area (Å²) in [6.45, 7) is 3.97. The van der Waals surface area contributed by atoms with Crippen LogP contribution in [0.5, 0.6) is 0 Å². The zero-order valence-corrected chi connectivity index (χ0v) is 12.8. The van der Waals surface area contributed by atoms with E-state index < -0.39 is 15.6 Å². The number of ether oxygens (including phenoxy) is 1. The van der Waals surface area contributed by atoms with E-state index in [9.17, 15) is 13.5 Å². The Morgan fingerprint density at radius 3 is 2.85 bits per heavy atom. The number of aryl methyl sites for hydroxylation is 1. The van der Waals surface area contributed by atoms with Crippen molar-refractivity contribution >= 4 is 10.0 Å². The topological polar surface area (TPSA) is 95.5 Å². The lowest BCUT2D eigenvalue weighted by molar-refractivity contribution is -0.0319. The van der Waals surface area contributed by atoms with Gasteiger partial charge in [0.2, 0.25) is 0 Å². The van der Waals surface area contributed by atoms with Crippen LogP contribution in [0.3, 0.4) is 0 Å². The molecule has 0 radical (unpaired) electrons. The molecule has 1 saturated heterocycles. The first-order chi connectivity index (χ1) is 9.34. The summed E-state index contributed by atoms with van der Waals surface area (Å²) >= 11 is 0.